The molecule has 0 bridgehead atoms. The average Bonchev–Trinajstić information content (AvgIpc) is 3.13. The second-order valence-electron chi connectivity index (χ2n) is 6.76. The predicted molar refractivity (Wildman–Crippen MR) is 107 cm³/mol. The summed E-state index contributed by atoms with van der Waals surface area (Å²) in [6.07, 6.45) is 1.76. The molecule has 1 atom stereocenters. The van der Waals surface area contributed by atoms with E-state index in [2.05, 4.69) is 5.32 Å². The first-order chi connectivity index (χ1) is 14.0. The van der Waals surface area contributed by atoms with E-state index in [1.807, 2.05) is 53.1 Å². The molecular formula is C22H20N2O5. The Balaban J connectivity index is 1.93. The summed E-state index contributed by atoms with van der Waals surface area (Å²) in [4.78, 5) is 24.3. The second kappa shape index (κ2) is 7.35. The molecule has 0 aliphatic carbocycles. The van der Waals surface area contributed by atoms with Crippen molar-refractivity contribution in [3.8, 4) is 17.2 Å². The van der Waals surface area contributed by atoms with Crippen LogP contribution in [0.5, 0.6) is 11.5 Å². The number of hydrogen-bond donors (Lipinski definition) is 2. The summed E-state index contributed by atoms with van der Waals surface area (Å²) in [6, 6.07) is 14.8. The van der Waals surface area contributed by atoms with Crippen LogP contribution >= 0.6 is 0 Å². The Morgan fingerprint density at radius 2 is 1.83 bits per heavy atom. The van der Waals surface area contributed by atoms with E-state index in [1.54, 1.807) is 20.4 Å². The number of carbonyl (C=O) groups excluding carboxylic acids is 1. The SMILES string of the molecule is COc1ccc([C@@H]2CC(=O)Nc3c(C(=O)O)cn(-c4cccc(OC)c4)c32)cc1. The minimum atomic E-state index is -1.10. The molecule has 2 heterocycles. The van der Waals surface area contributed by atoms with Crippen molar-refractivity contribution in [1.82, 2.24) is 4.57 Å². The van der Waals surface area contributed by atoms with Gasteiger partial charge in [0.25, 0.3) is 0 Å². The Morgan fingerprint density at radius 3 is 2.48 bits per heavy atom. The zero-order chi connectivity index (χ0) is 20.5. The Morgan fingerprint density at radius 1 is 1.10 bits per heavy atom. The monoisotopic (exact) mass is 392 g/mol. The number of fused-ring (bicyclic) bond motifs is 1. The normalized spacial score (nSPS) is 15.4. The summed E-state index contributed by atoms with van der Waals surface area (Å²) in [7, 11) is 3.17. The molecule has 7 nitrogen and oxygen atoms in total. The van der Waals surface area contributed by atoms with Crippen LogP contribution in [0.1, 0.15) is 34.0 Å². The number of ether oxygens (including phenoxy) is 2. The van der Waals surface area contributed by atoms with Crippen molar-refractivity contribution in [1.29, 1.82) is 0 Å². The quantitative estimate of drug-likeness (QED) is 0.692. The second-order valence-corrected chi connectivity index (χ2v) is 6.76. The lowest BCUT2D eigenvalue weighted by Crippen LogP contribution is -2.25. The summed E-state index contributed by atoms with van der Waals surface area (Å²) in [6.45, 7) is 0. The molecule has 1 aliphatic heterocycles. The van der Waals surface area contributed by atoms with Gasteiger partial charge in [-0.1, -0.05) is 18.2 Å². The van der Waals surface area contributed by atoms with E-state index in [0.717, 1.165) is 16.9 Å². The van der Waals surface area contributed by atoms with Gasteiger partial charge in [0.05, 0.1) is 25.6 Å². The molecule has 3 aromatic rings. The molecule has 29 heavy (non-hydrogen) atoms. The Hall–Kier alpha value is -3.74. The highest BCUT2D eigenvalue weighted by Gasteiger charge is 2.34. The summed E-state index contributed by atoms with van der Waals surface area (Å²) in [5, 5.41) is 12.5. The average molecular weight is 392 g/mol. The summed E-state index contributed by atoms with van der Waals surface area (Å²) in [5.41, 5.74) is 2.76. The fourth-order valence-electron chi connectivity index (χ4n) is 3.72. The number of nitrogens with one attached hydrogen (secondary N) is 1. The van der Waals surface area contributed by atoms with Crippen LogP contribution in [0.15, 0.2) is 54.7 Å². The molecule has 0 saturated carbocycles. The number of aromatic carboxylic acids is 1. The van der Waals surface area contributed by atoms with Crippen LogP contribution in [0.25, 0.3) is 5.69 Å². The number of hydrogen-bond acceptors (Lipinski definition) is 4. The maximum atomic E-state index is 12.4. The maximum Gasteiger partial charge on any atom is 0.339 e. The number of carboxylic acid groups (broad SMARTS) is 1. The highest BCUT2D eigenvalue weighted by atomic mass is 16.5. The smallest absolute Gasteiger partial charge is 0.339 e. The van der Waals surface area contributed by atoms with Crippen molar-refractivity contribution < 1.29 is 24.2 Å². The highest BCUT2D eigenvalue weighted by Crippen LogP contribution is 2.42. The lowest BCUT2D eigenvalue weighted by atomic mass is 9.88. The Bertz CT molecular complexity index is 1090. The number of methoxy groups -OCH3 is 2. The van der Waals surface area contributed by atoms with Gasteiger partial charge in [0.1, 0.15) is 17.1 Å². The third-order valence-corrected chi connectivity index (χ3v) is 5.11. The zero-order valence-corrected chi connectivity index (χ0v) is 16.0. The van der Waals surface area contributed by atoms with E-state index in [-0.39, 0.29) is 23.8 Å². The molecule has 1 aromatic heterocycles. The highest BCUT2D eigenvalue weighted by molar-refractivity contribution is 6.04. The van der Waals surface area contributed by atoms with Crippen LogP contribution in [0.3, 0.4) is 0 Å². The number of anilines is 1. The van der Waals surface area contributed by atoms with Crippen LogP contribution in [0.4, 0.5) is 5.69 Å². The number of carboxylic acids is 1. The van der Waals surface area contributed by atoms with Gasteiger partial charge in [-0.2, -0.15) is 0 Å². The molecule has 2 aromatic carbocycles. The van der Waals surface area contributed by atoms with Gasteiger partial charge in [-0.15, -0.1) is 0 Å². The van der Waals surface area contributed by atoms with Crippen molar-refractivity contribution in [3.05, 3.63) is 71.5 Å². The van der Waals surface area contributed by atoms with Crippen LogP contribution in [-0.2, 0) is 4.79 Å². The number of carbonyl (C=O) groups is 2. The fourth-order valence-corrected chi connectivity index (χ4v) is 3.72. The lowest BCUT2D eigenvalue weighted by Gasteiger charge is -2.26. The van der Waals surface area contributed by atoms with Crippen molar-refractivity contribution >= 4 is 17.6 Å². The number of rotatable bonds is 5. The van der Waals surface area contributed by atoms with Crippen molar-refractivity contribution in [3.63, 3.8) is 0 Å². The topological polar surface area (TPSA) is 89.8 Å². The summed E-state index contributed by atoms with van der Waals surface area (Å²) in [5.74, 6) is -0.252. The fraction of sp³-hybridized carbons (Fsp3) is 0.182. The van der Waals surface area contributed by atoms with Crippen molar-refractivity contribution in [2.24, 2.45) is 0 Å². The largest absolute Gasteiger partial charge is 0.497 e. The maximum absolute atomic E-state index is 12.4. The van der Waals surface area contributed by atoms with Gasteiger partial charge in [0.2, 0.25) is 5.91 Å². The standard InChI is InChI=1S/C22H20N2O5/c1-28-15-8-6-13(7-9-15)17-11-19(25)23-20-18(22(26)27)12-24(21(17)20)14-4-3-5-16(10-14)29-2/h3-10,12,17H,11H2,1-2H3,(H,23,25)(H,26,27)/t17-/m0/s1. The van der Waals surface area contributed by atoms with E-state index in [4.69, 9.17) is 9.47 Å². The number of amides is 1. The molecule has 0 radical (unpaired) electrons. The van der Waals surface area contributed by atoms with Gasteiger partial charge >= 0.3 is 5.97 Å². The first-order valence-electron chi connectivity index (χ1n) is 9.08. The van der Waals surface area contributed by atoms with Gasteiger partial charge in [-0.05, 0) is 29.8 Å². The number of benzene rings is 2. The van der Waals surface area contributed by atoms with Crippen LogP contribution in [0.2, 0.25) is 0 Å². The minimum absolute atomic E-state index is 0.0504. The van der Waals surface area contributed by atoms with Gasteiger partial charge in [-0.25, -0.2) is 4.79 Å². The first kappa shape index (κ1) is 18.6. The Kier molecular flexibility index (Phi) is 4.72. The predicted octanol–water partition coefficient (Wildman–Crippen LogP) is 3.67. The third-order valence-electron chi connectivity index (χ3n) is 5.11. The summed E-state index contributed by atoms with van der Waals surface area (Å²) >= 11 is 0. The molecule has 0 fully saturated rings. The number of nitrogens with zero attached hydrogens (tertiary/aromatic N) is 1. The summed E-state index contributed by atoms with van der Waals surface area (Å²) < 4.78 is 12.4. The van der Waals surface area contributed by atoms with Crippen LogP contribution in [0, 0.1) is 0 Å². The molecule has 1 aliphatic rings. The van der Waals surface area contributed by atoms with Gasteiger partial charge in [0, 0.05) is 30.3 Å². The number of aromatic nitrogens is 1. The molecular weight excluding hydrogens is 372 g/mol. The zero-order valence-electron chi connectivity index (χ0n) is 16.0. The third kappa shape index (κ3) is 3.31. The first-order valence-corrected chi connectivity index (χ1v) is 9.08. The molecule has 4 rings (SSSR count). The molecule has 0 unspecified atom stereocenters. The van der Waals surface area contributed by atoms with Gasteiger partial charge in [0.15, 0.2) is 0 Å². The van der Waals surface area contributed by atoms with E-state index >= 15 is 0 Å². The van der Waals surface area contributed by atoms with E-state index in [9.17, 15) is 14.7 Å². The van der Waals surface area contributed by atoms with Crippen LogP contribution in [-0.4, -0.2) is 35.8 Å². The molecule has 2 N–H and O–H groups in total. The molecule has 7 heteroatoms. The minimum Gasteiger partial charge on any atom is -0.497 e. The lowest BCUT2D eigenvalue weighted by molar-refractivity contribution is -0.116. The van der Waals surface area contributed by atoms with Gasteiger partial charge in [-0.3, -0.25) is 4.79 Å². The van der Waals surface area contributed by atoms with Gasteiger partial charge < -0.3 is 24.5 Å². The van der Waals surface area contributed by atoms with Crippen molar-refractivity contribution in [2.45, 2.75) is 12.3 Å². The van der Waals surface area contributed by atoms with E-state index in [1.165, 1.54) is 0 Å². The molecule has 0 saturated heterocycles. The molecule has 148 valence electrons. The molecule has 0 spiro atoms. The Labute approximate surface area is 167 Å². The van der Waals surface area contributed by atoms with E-state index in [0.29, 0.717) is 17.2 Å². The molecule has 1 amide bonds. The van der Waals surface area contributed by atoms with Crippen molar-refractivity contribution in [2.75, 3.05) is 19.5 Å². The van der Waals surface area contributed by atoms with Crippen LogP contribution < -0.4 is 14.8 Å². The van der Waals surface area contributed by atoms with E-state index < -0.39 is 5.97 Å².